The fourth-order valence-corrected chi connectivity index (χ4v) is 4.57. The lowest BCUT2D eigenvalue weighted by Crippen LogP contribution is -2.23. The van der Waals surface area contributed by atoms with Gasteiger partial charge in [-0.3, -0.25) is 9.59 Å². The normalized spacial score (nSPS) is 14.1. The second-order valence-electron chi connectivity index (χ2n) is 8.90. The van der Waals surface area contributed by atoms with Gasteiger partial charge < -0.3 is 9.73 Å². The van der Waals surface area contributed by atoms with E-state index in [9.17, 15) is 9.59 Å². The van der Waals surface area contributed by atoms with Crippen LogP contribution in [0.15, 0.2) is 76.2 Å². The fraction of sp³-hybridized carbons (Fsp3) is 0.207. The van der Waals surface area contributed by atoms with E-state index in [4.69, 9.17) is 4.42 Å². The van der Waals surface area contributed by atoms with Crippen LogP contribution in [-0.2, 0) is 13.0 Å². The van der Waals surface area contributed by atoms with Crippen molar-refractivity contribution >= 4 is 28.3 Å². The van der Waals surface area contributed by atoms with Crippen molar-refractivity contribution in [3.8, 4) is 0 Å². The Labute approximate surface area is 204 Å². The molecule has 6 heteroatoms. The Bertz CT molecular complexity index is 1440. The lowest BCUT2D eigenvalue weighted by molar-refractivity contribution is 0.0919. The molecule has 2 amide bonds. The zero-order chi connectivity index (χ0) is 24.4. The molecule has 1 heterocycles. The Hall–Kier alpha value is -4.19. The summed E-state index contributed by atoms with van der Waals surface area (Å²) in [7, 11) is 0. The topological polar surface area (TPSA) is 83.7 Å². The summed E-state index contributed by atoms with van der Waals surface area (Å²) in [6.07, 6.45) is 2.28. The molecule has 6 nitrogen and oxygen atoms in total. The molecule has 0 atom stereocenters. The Morgan fingerprint density at radius 2 is 1.69 bits per heavy atom. The third kappa shape index (κ3) is 4.60. The predicted octanol–water partition coefficient (Wildman–Crippen LogP) is 5.45. The summed E-state index contributed by atoms with van der Waals surface area (Å²) in [4.78, 5) is 25.8. The van der Waals surface area contributed by atoms with Crippen LogP contribution < -0.4 is 10.7 Å². The van der Waals surface area contributed by atoms with Gasteiger partial charge in [0.2, 0.25) is 0 Å². The number of carbonyl (C=O) groups excluding carboxylic acids is 2. The Kier molecular flexibility index (Phi) is 6.19. The first-order chi connectivity index (χ1) is 17.0. The highest BCUT2D eigenvalue weighted by molar-refractivity contribution is 6.09. The fourth-order valence-electron chi connectivity index (χ4n) is 4.57. The monoisotopic (exact) mass is 465 g/mol. The van der Waals surface area contributed by atoms with Gasteiger partial charge in [0.05, 0.1) is 5.71 Å². The van der Waals surface area contributed by atoms with Crippen LogP contribution in [0.4, 0.5) is 0 Å². The van der Waals surface area contributed by atoms with Gasteiger partial charge in [0.1, 0.15) is 5.76 Å². The first kappa shape index (κ1) is 22.6. The molecule has 4 aromatic rings. The van der Waals surface area contributed by atoms with Crippen LogP contribution in [0.1, 0.15) is 61.8 Å². The zero-order valence-corrected chi connectivity index (χ0v) is 19.9. The van der Waals surface area contributed by atoms with E-state index in [1.54, 1.807) is 6.07 Å². The molecular weight excluding hydrogens is 438 g/mol. The van der Waals surface area contributed by atoms with Crippen molar-refractivity contribution in [1.29, 1.82) is 0 Å². The average molecular weight is 466 g/mol. The number of carbonyl (C=O) groups is 2. The number of hydrogen-bond acceptors (Lipinski definition) is 4. The minimum Gasteiger partial charge on any atom is -0.455 e. The molecule has 5 rings (SSSR count). The lowest BCUT2D eigenvalue weighted by atomic mass is 9.93. The molecule has 35 heavy (non-hydrogen) atoms. The van der Waals surface area contributed by atoms with Gasteiger partial charge in [-0.15, -0.1) is 0 Å². The summed E-state index contributed by atoms with van der Waals surface area (Å²) in [6, 6.07) is 21.5. The molecule has 0 saturated carbocycles. The van der Waals surface area contributed by atoms with Crippen LogP contribution in [0.3, 0.4) is 0 Å². The predicted molar refractivity (Wildman–Crippen MR) is 137 cm³/mol. The SMILES string of the molecule is Cc1ccc(CNC(=O)c2oc3c(c2C)/C(=N/NC(=O)c2cccc4ccccc24)CCC3)cc1. The van der Waals surface area contributed by atoms with Gasteiger partial charge >= 0.3 is 0 Å². The number of hydrogen-bond donors (Lipinski definition) is 2. The third-order valence-corrected chi connectivity index (χ3v) is 6.43. The summed E-state index contributed by atoms with van der Waals surface area (Å²) < 4.78 is 5.98. The van der Waals surface area contributed by atoms with E-state index in [0.717, 1.165) is 51.8 Å². The molecule has 1 aliphatic carbocycles. The van der Waals surface area contributed by atoms with E-state index in [2.05, 4.69) is 15.8 Å². The summed E-state index contributed by atoms with van der Waals surface area (Å²) >= 11 is 0. The Balaban J connectivity index is 1.35. The van der Waals surface area contributed by atoms with Crippen LogP contribution >= 0.6 is 0 Å². The van der Waals surface area contributed by atoms with Crippen molar-refractivity contribution in [2.24, 2.45) is 5.10 Å². The minimum atomic E-state index is -0.265. The molecule has 0 saturated heterocycles. The van der Waals surface area contributed by atoms with Gasteiger partial charge in [-0.25, -0.2) is 5.43 Å². The van der Waals surface area contributed by atoms with Crippen LogP contribution in [0, 0.1) is 13.8 Å². The maximum Gasteiger partial charge on any atom is 0.287 e. The van der Waals surface area contributed by atoms with Gasteiger partial charge in [0, 0.05) is 29.7 Å². The Morgan fingerprint density at radius 3 is 2.51 bits per heavy atom. The van der Waals surface area contributed by atoms with Crippen LogP contribution in [0.5, 0.6) is 0 Å². The van der Waals surface area contributed by atoms with E-state index in [1.165, 1.54) is 5.56 Å². The highest BCUT2D eigenvalue weighted by atomic mass is 16.4. The first-order valence-corrected chi connectivity index (χ1v) is 11.8. The highest BCUT2D eigenvalue weighted by Gasteiger charge is 2.28. The maximum atomic E-state index is 12.9. The molecular formula is C29H27N3O3. The molecule has 0 radical (unpaired) electrons. The van der Waals surface area contributed by atoms with Crippen molar-refractivity contribution in [2.75, 3.05) is 0 Å². The second kappa shape index (κ2) is 9.58. The summed E-state index contributed by atoms with van der Waals surface area (Å²) in [5, 5.41) is 9.29. The number of furan rings is 1. The molecule has 176 valence electrons. The van der Waals surface area contributed by atoms with Gasteiger partial charge in [0.15, 0.2) is 5.76 Å². The molecule has 0 fully saturated rings. The van der Waals surface area contributed by atoms with E-state index in [0.29, 0.717) is 24.3 Å². The summed E-state index contributed by atoms with van der Waals surface area (Å²) in [6.45, 7) is 4.32. The van der Waals surface area contributed by atoms with E-state index >= 15 is 0 Å². The summed E-state index contributed by atoms with van der Waals surface area (Å²) in [5.41, 5.74) is 7.81. The highest BCUT2D eigenvalue weighted by Crippen LogP contribution is 2.30. The van der Waals surface area contributed by atoms with Crippen LogP contribution in [0.2, 0.25) is 0 Å². The quantitative estimate of drug-likeness (QED) is 0.385. The largest absolute Gasteiger partial charge is 0.455 e. The van der Waals surface area contributed by atoms with Crippen molar-refractivity contribution in [1.82, 2.24) is 10.7 Å². The van der Waals surface area contributed by atoms with Crippen molar-refractivity contribution < 1.29 is 14.0 Å². The number of benzene rings is 3. The van der Waals surface area contributed by atoms with Gasteiger partial charge in [-0.2, -0.15) is 5.10 Å². The number of nitrogens with one attached hydrogen (secondary N) is 2. The number of rotatable bonds is 5. The molecule has 2 N–H and O–H groups in total. The van der Waals surface area contributed by atoms with E-state index < -0.39 is 0 Å². The van der Waals surface area contributed by atoms with Crippen molar-refractivity contribution in [3.05, 3.63) is 106 Å². The van der Waals surface area contributed by atoms with Gasteiger partial charge in [0.25, 0.3) is 11.8 Å². The van der Waals surface area contributed by atoms with Gasteiger partial charge in [-0.05, 0) is 49.1 Å². The number of amides is 2. The van der Waals surface area contributed by atoms with E-state index in [-0.39, 0.29) is 11.8 Å². The second-order valence-corrected chi connectivity index (χ2v) is 8.90. The number of aryl methyl sites for hydroxylation is 2. The molecule has 1 aromatic heterocycles. The van der Waals surface area contributed by atoms with Crippen molar-refractivity contribution in [3.63, 3.8) is 0 Å². The van der Waals surface area contributed by atoms with Crippen LogP contribution in [0.25, 0.3) is 10.8 Å². The number of nitrogens with zero attached hydrogens (tertiary/aromatic N) is 1. The Morgan fingerprint density at radius 1 is 0.914 bits per heavy atom. The third-order valence-electron chi connectivity index (χ3n) is 6.43. The number of fused-ring (bicyclic) bond motifs is 2. The first-order valence-electron chi connectivity index (χ1n) is 11.8. The molecule has 0 unspecified atom stereocenters. The smallest absolute Gasteiger partial charge is 0.287 e. The molecule has 0 spiro atoms. The molecule has 0 aliphatic heterocycles. The number of hydrazone groups is 1. The summed E-state index contributed by atoms with van der Waals surface area (Å²) in [5.74, 6) is 0.528. The lowest BCUT2D eigenvalue weighted by Gasteiger charge is -2.13. The zero-order valence-electron chi connectivity index (χ0n) is 19.9. The van der Waals surface area contributed by atoms with Crippen LogP contribution in [-0.4, -0.2) is 17.5 Å². The van der Waals surface area contributed by atoms with Gasteiger partial charge in [-0.1, -0.05) is 66.2 Å². The molecule has 0 bridgehead atoms. The maximum absolute atomic E-state index is 12.9. The molecule has 3 aromatic carbocycles. The molecule has 1 aliphatic rings. The van der Waals surface area contributed by atoms with E-state index in [1.807, 2.05) is 74.5 Å². The standard InChI is InChI=1S/C29H27N3O3/c1-18-13-15-20(16-14-18)17-30-29(34)27-19(2)26-24(11-6-12-25(26)35-27)31-32-28(33)23-10-5-8-21-7-3-4-9-22(21)23/h3-5,7-10,13-16H,6,11-12,17H2,1-2H3,(H,30,34)(H,32,33)/b31-24+. The average Bonchev–Trinajstić information content (AvgIpc) is 3.23. The minimum absolute atomic E-state index is 0.253. The van der Waals surface area contributed by atoms with Crippen molar-refractivity contribution in [2.45, 2.75) is 39.7 Å².